The summed E-state index contributed by atoms with van der Waals surface area (Å²) in [6.45, 7) is 4.18. The molecule has 5 rings (SSSR count). The van der Waals surface area contributed by atoms with Gasteiger partial charge in [-0.3, -0.25) is 0 Å². The summed E-state index contributed by atoms with van der Waals surface area (Å²) < 4.78 is 24.5. The van der Waals surface area contributed by atoms with Crippen LogP contribution in [-0.2, 0) is 32.7 Å². The largest absolute Gasteiger partial charge is 0.493 e. The van der Waals surface area contributed by atoms with Gasteiger partial charge in [-0.15, -0.1) is 0 Å². The molecule has 0 aliphatic heterocycles. The Bertz CT molecular complexity index is 1500. The van der Waals surface area contributed by atoms with Crippen LogP contribution >= 0.6 is 0 Å². The first-order valence-corrected chi connectivity index (χ1v) is 14.7. The molecule has 5 aromatic carbocycles. The lowest BCUT2D eigenvalue weighted by Gasteiger charge is -2.16. The number of rotatable bonds is 15. The van der Waals surface area contributed by atoms with Crippen LogP contribution in [0.15, 0.2) is 127 Å². The fourth-order valence-electron chi connectivity index (χ4n) is 4.77. The topological polar surface area (TPSA) is 36.9 Å². The fraction of sp³-hybridized carbons (Fsp3) is 0.211. The summed E-state index contributed by atoms with van der Waals surface area (Å²) in [5, 5.41) is 0. The Labute approximate surface area is 249 Å². The molecule has 0 atom stereocenters. The van der Waals surface area contributed by atoms with Crippen LogP contribution in [0.5, 0.6) is 23.0 Å². The molecule has 0 saturated heterocycles. The van der Waals surface area contributed by atoms with Gasteiger partial charge in [-0.25, -0.2) is 0 Å². The van der Waals surface area contributed by atoms with Crippen molar-refractivity contribution in [2.45, 2.75) is 46.0 Å². The van der Waals surface area contributed by atoms with E-state index in [1.807, 2.05) is 85.8 Å². The normalized spacial score (nSPS) is 10.7. The minimum absolute atomic E-state index is 0.509. The summed E-state index contributed by atoms with van der Waals surface area (Å²) in [7, 11) is 0. The van der Waals surface area contributed by atoms with E-state index in [9.17, 15) is 0 Å². The maximum Gasteiger partial charge on any atom is 0.126 e. The first-order chi connectivity index (χ1) is 20.8. The number of hydrogen-bond acceptors (Lipinski definition) is 4. The maximum absolute atomic E-state index is 6.34. The first kappa shape index (κ1) is 28.8. The molecule has 0 saturated carbocycles. The monoisotopic (exact) mass is 558 g/mol. The van der Waals surface area contributed by atoms with E-state index < -0.39 is 0 Å². The van der Waals surface area contributed by atoms with Crippen molar-refractivity contribution in [1.82, 2.24) is 0 Å². The Morgan fingerprint density at radius 1 is 0.429 bits per heavy atom. The van der Waals surface area contributed by atoms with E-state index >= 15 is 0 Å². The highest BCUT2D eigenvalue weighted by atomic mass is 16.5. The Morgan fingerprint density at radius 3 is 1.26 bits per heavy atom. The minimum Gasteiger partial charge on any atom is -0.493 e. The lowest BCUT2D eigenvalue weighted by atomic mass is 10.0. The predicted octanol–water partition coefficient (Wildman–Crippen LogP) is 9.00. The molecule has 0 amide bonds. The molecule has 0 aliphatic rings. The van der Waals surface area contributed by atoms with Gasteiger partial charge in [0.05, 0.1) is 6.61 Å². The summed E-state index contributed by atoms with van der Waals surface area (Å²) in [6, 6.07) is 43.0. The van der Waals surface area contributed by atoms with Gasteiger partial charge < -0.3 is 18.9 Å². The van der Waals surface area contributed by atoms with Gasteiger partial charge in [0, 0.05) is 12.1 Å². The van der Waals surface area contributed by atoms with Crippen molar-refractivity contribution in [1.29, 1.82) is 0 Å². The van der Waals surface area contributed by atoms with Crippen molar-refractivity contribution < 1.29 is 18.9 Å². The fourth-order valence-corrected chi connectivity index (χ4v) is 4.77. The molecule has 0 heterocycles. The van der Waals surface area contributed by atoms with E-state index in [0.717, 1.165) is 59.0 Å². The van der Waals surface area contributed by atoms with E-state index in [0.29, 0.717) is 26.4 Å². The van der Waals surface area contributed by atoms with Crippen LogP contribution in [-0.4, -0.2) is 6.61 Å². The zero-order valence-corrected chi connectivity index (χ0v) is 24.2. The third kappa shape index (κ3) is 8.65. The molecule has 42 heavy (non-hydrogen) atoms. The summed E-state index contributed by atoms with van der Waals surface area (Å²) >= 11 is 0. The SMILES string of the molecule is CCOc1cc(OCc2ccccc2)ccc1CCCc1ccc(OCc2ccccc2)cc1OCc1ccccc1. The van der Waals surface area contributed by atoms with Crippen LogP contribution in [0.4, 0.5) is 0 Å². The summed E-state index contributed by atoms with van der Waals surface area (Å²) in [4.78, 5) is 0. The minimum atomic E-state index is 0.509. The molecule has 0 unspecified atom stereocenters. The summed E-state index contributed by atoms with van der Waals surface area (Å²) in [6.07, 6.45) is 2.72. The van der Waals surface area contributed by atoms with Crippen LogP contribution in [0.1, 0.15) is 41.2 Å². The van der Waals surface area contributed by atoms with Crippen molar-refractivity contribution >= 4 is 0 Å². The van der Waals surface area contributed by atoms with Crippen LogP contribution in [0, 0.1) is 0 Å². The summed E-state index contributed by atoms with van der Waals surface area (Å²) in [5.74, 6) is 3.36. The van der Waals surface area contributed by atoms with Crippen molar-refractivity contribution in [3.8, 4) is 23.0 Å². The highest BCUT2D eigenvalue weighted by molar-refractivity contribution is 5.43. The molecule has 0 N–H and O–H groups in total. The Balaban J connectivity index is 1.24. The number of benzene rings is 5. The van der Waals surface area contributed by atoms with Gasteiger partial charge in [0.15, 0.2) is 0 Å². The Hall–Kier alpha value is -4.70. The van der Waals surface area contributed by atoms with Gasteiger partial charge in [0.25, 0.3) is 0 Å². The van der Waals surface area contributed by atoms with Crippen molar-refractivity contribution in [3.05, 3.63) is 155 Å². The van der Waals surface area contributed by atoms with Crippen LogP contribution in [0.25, 0.3) is 0 Å². The van der Waals surface area contributed by atoms with E-state index in [1.165, 1.54) is 11.1 Å². The highest BCUT2D eigenvalue weighted by Crippen LogP contribution is 2.30. The van der Waals surface area contributed by atoms with Gasteiger partial charge in [-0.2, -0.15) is 0 Å². The molecule has 0 fully saturated rings. The molecule has 0 radical (unpaired) electrons. The molecule has 5 aromatic rings. The molecule has 0 spiro atoms. The van der Waals surface area contributed by atoms with E-state index in [-0.39, 0.29) is 0 Å². The quantitative estimate of drug-likeness (QED) is 0.128. The Kier molecular flexibility index (Phi) is 10.5. The standard InChI is InChI=1S/C38H38O4/c1-2-39-37-25-35(40-27-30-13-6-3-7-14-30)23-21-33(37)19-12-20-34-22-24-36(41-28-31-15-8-4-9-16-31)26-38(34)42-29-32-17-10-5-11-18-32/h3-11,13-18,21-26H,2,12,19-20,27-29H2,1H3. The average molecular weight is 559 g/mol. The van der Waals surface area contributed by atoms with Gasteiger partial charge in [0.1, 0.15) is 42.8 Å². The van der Waals surface area contributed by atoms with Gasteiger partial charge >= 0.3 is 0 Å². The van der Waals surface area contributed by atoms with Gasteiger partial charge in [-0.1, -0.05) is 103 Å². The molecule has 0 bridgehead atoms. The second-order valence-electron chi connectivity index (χ2n) is 10.1. The van der Waals surface area contributed by atoms with Crippen molar-refractivity contribution in [3.63, 3.8) is 0 Å². The third-order valence-electron chi connectivity index (χ3n) is 7.00. The molecule has 4 heteroatoms. The van der Waals surface area contributed by atoms with Crippen LogP contribution < -0.4 is 18.9 Å². The van der Waals surface area contributed by atoms with Crippen LogP contribution in [0.2, 0.25) is 0 Å². The predicted molar refractivity (Wildman–Crippen MR) is 168 cm³/mol. The second kappa shape index (κ2) is 15.3. The van der Waals surface area contributed by atoms with Gasteiger partial charge in [-0.05, 0) is 66.1 Å². The molecule has 0 aromatic heterocycles. The lowest BCUT2D eigenvalue weighted by Crippen LogP contribution is -2.02. The zero-order chi connectivity index (χ0) is 28.8. The third-order valence-corrected chi connectivity index (χ3v) is 7.00. The lowest BCUT2D eigenvalue weighted by molar-refractivity contribution is 0.287. The van der Waals surface area contributed by atoms with Crippen LogP contribution in [0.3, 0.4) is 0 Å². The van der Waals surface area contributed by atoms with Crippen molar-refractivity contribution in [2.75, 3.05) is 6.61 Å². The van der Waals surface area contributed by atoms with E-state index in [1.54, 1.807) is 0 Å². The molecule has 0 aliphatic carbocycles. The van der Waals surface area contributed by atoms with E-state index in [4.69, 9.17) is 18.9 Å². The average Bonchev–Trinajstić information content (AvgIpc) is 3.05. The first-order valence-electron chi connectivity index (χ1n) is 14.7. The zero-order valence-electron chi connectivity index (χ0n) is 24.2. The number of ether oxygens (including phenoxy) is 4. The number of hydrogen-bond donors (Lipinski definition) is 0. The molecular formula is C38H38O4. The highest BCUT2D eigenvalue weighted by Gasteiger charge is 2.11. The smallest absolute Gasteiger partial charge is 0.126 e. The Morgan fingerprint density at radius 2 is 0.833 bits per heavy atom. The van der Waals surface area contributed by atoms with E-state index in [2.05, 4.69) is 48.5 Å². The summed E-state index contributed by atoms with van der Waals surface area (Å²) in [5.41, 5.74) is 5.75. The second-order valence-corrected chi connectivity index (χ2v) is 10.1. The van der Waals surface area contributed by atoms with Gasteiger partial charge in [0.2, 0.25) is 0 Å². The molecule has 4 nitrogen and oxygen atoms in total. The maximum atomic E-state index is 6.34. The molecule has 214 valence electrons. The molecular weight excluding hydrogens is 520 g/mol. The number of aryl methyl sites for hydroxylation is 2. The van der Waals surface area contributed by atoms with Crippen molar-refractivity contribution in [2.24, 2.45) is 0 Å².